The number of aryl methyl sites for hydroxylation is 1. The molecule has 1 aromatic carbocycles. The Hall–Kier alpha value is -1.07. The van der Waals surface area contributed by atoms with Crippen molar-refractivity contribution in [2.45, 2.75) is 17.7 Å². The maximum atomic E-state index is 11.9. The summed E-state index contributed by atoms with van der Waals surface area (Å²) in [7, 11) is -0.229. The number of benzene rings is 1. The lowest BCUT2D eigenvalue weighted by molar-refractivity contribution is 0.520. The van der Waals surface area contributed by atoms with Gasteiger partial charge in [-0.15, -0.1) is 0 Å². The zero-order valence-electron chi connectivity index (χ0n) is 9.53. The van der Waals surface area contributed by atoms with E-state index in [0.29, 0.717) is 4.90 Å². The number of hydrogen-bond donors (Lipinski definition) is 1. The van der Waals surface area contributed by atoms with Crippen LogP contribution in [0.4, 0.5) is 5.69 Å². The summed E-state index contributed by atoms with van der Waals surface area (Å²) in [6.45, 7) is 0.915. The van der Waals surface area contributed by atoms with Crippen LogP contribution in [0.5, 0.6) is 0 Å². The molecule has 0 atom stereocenters. The van der Waals surface area contributed by atoms with E-state index >= 15 is 0 Å². The number of sulfonamides is 1. The fourth-order valence-corrected chi connectivity index (χ4v) is 2.74. The second-order valence-corrected chi connectivity index (χ2v) is 6.29. The number of fused-ring (bicyclic) bond motifs is 1. The Morgan fingerprint density at radius 3 is 2.75 bits per heavy atom. The van der Waals surface area contributed by atoms with Crippen LogP contribution in [0.3, 0.4) is 0 Å². The van der Waals surface area contributed by atoms with Crippen LogP contribution < -0.4 is 5.32 Å². The predicted octanol–water partition coefficient (Wildman–Crippen LogP) is 1.30. The molecule has 2 rings (SSSR count). The summed E-state index contributed by atoms with van der Waals surface area (Å²) in [4.78, 5) is 0.352. The van der Waals surface area contributed by atoms with Gasteiger partial charge in [-0.1, -0.05) is 6.07 Å². The molecule has 1 aliphatic heterocycles. The minimum absolute atomic E-state index is 0.352. The first-order chi connectivity index (χ1) is 7.51. The Morgan fingerprint density at radius 1 is 1.31 bits per heavy atom. The van der Waals surface area contributed by atoms with Gasteiger partial charge in [-0.25, -0.2) is 12.7 Å². The van der Waals surface area contributed by atoms with Gasteiger partial charge < -0.3 is 5.32 Å². The molecule has 0 fully saturated rings. The largest absolute Gasteiger partial charge is 0.385 e. The lowest BCUT2D eigenvalue weighted by atomic mass is 10.0. The molecule has 5 heteroatoms. The van der Waals surface area contributed by atoms with Crippen LogP contribution in [0.25, 0.3) is 0 Å². The van der Waals surface area contributed by atoms with E-state index in [4.69, 9.17) is 0 Å². The van der Waals surface area contributed by atoms with Crippen LogP contribution in [-0.4, -0.2) is 33.4 Å². The average molecular weight is 240 g/mol. The Balaban J connectivity index is 2.45. The van der Waals surface area contributed by atoms with Crippen molar-refractivity contribution < 1.29 is 8.42 Å². The van der Waals surface area contributed by atoms with Crippen LogP contribution in [0.2, 0.25) is 0 Å². The van der Waals surface area contributed by atoms with Crippen molar-refractivity contribution in [2.75, 3.05) is 26.0 Å². The highest BCUT2D eigenvalue weighted by atomic mass is 32.2. The number of rotatable bonds is 2. The first kappa shape index (κ1) is 11.4. The maximum Gasteiger partial charge on any atom is 0.242 e. The highest BCUT2D eigenvalue weighted by molar-refractivity contribution is 7.89. The van der Waals surface area contributed by atoms with Gasteiger partial charge in [-0.2, -0.15) is 0 Å². The van der Waals surface area contributed by atoms with Gasteiger partial charge in [0.25, 0.3) is 0 Å². The molecule has 1 N–H and O–H groups in total. The summed E-state index contributed by atoms with van der Waals surface area (Å²) in [6, 6.07) is 5.31. The van der Waals surface area contributed by atoms with Gasteiger partial charge in [0.2, 0.25) is 10.0 Å². The molecular weight excluding hydrogens is 224 g/mol. The standard InChI is InChI=1S/C11H16N2O2S/c1-13(2)16(14,15)10-6-5-9-4-3-7-12-11(9)8-10/h5-6,8,12H,3-4,7H2,1-2H3. The van der Waals surface area contributed by atoms with Crippen molar-refractivity contribution in [3.63, 3.8) is 0 Å². The van der Waals surface area contributed by atoms with Gasteiger partial charge in [-0.3, -0.25) is 0 Å². The molecule has 0 saturated heterocycles. The lowest BCUT2D eigenvalue weighted by Crippen LogP contribution is -2.22. The Morgan fingerprint density at radius 2 is 2.06 bits per heavy atom. The minimum atomic E-state index is -3.32. The van der Waals surface area contributed by atoms with E-state index in [1.165, 1.54) is 9.87 Å². The van der Waals surface area contributed by atoms with Gasteiger partial charge in [0, 0.05) is 26.3 Å². The Bertz CT molecular complexity index is 495. The van der Waals surface area contributed by atoms with Gasteiger partial charge in [0.1, 0.15) is 0 Å². The van der Waals surface area contributed by atoms with E-state index in [0.717, 1.165) is 25.1 Å². The third-order valence-corrected chi connectivity index (χ3v) is 4.61. The molecule has 0 aliphatic carbocycles. The van der Waals surface area contributed by atoms with Gasteiger partial charge >= 0.3 is 0 Å². The van der Waals surface area contributed by atoms with Crippen LogP contribution in [0.1, 0.15) is 12.0 Å². The summed E-state index contributed by atoms with van der Waals surface area (Å²) in [5.74, 6) is 0. The SMILES string of the molecule is CN(C)S(=O)(=O)c1ccc2c(c1)NCCC2. The van der Waals surface area contributed by atoms with Crippen molar-refractivity contribution in [2.24, 2.45) is 0 Å². The Labute approximate surface area is 96.3 Å². The zero-order chi connectivity index (χ0) is 11.8. The van der Waals surface area contributed by atoms with Crippen molar-refractivity contribution >= 4 is 15.7 Å². The first-order valence-electron chi connectivity index (χ1n) is 5.31. The number of hydrogen-bond acceptors (Lipinski definition) is 3. The Kier molecular flexibility index (Phi) is 2.90. The van der Waals surface area contributed by atoms with E-state index in [9.17, 15) is 8.42 Å². The summed E-state index contributed by atoms with van der Waals surface area (Å²) in [5, 5.41) is 3.23. The van der Waals surface area contributed by atoms with Crippen molar-refractivity contribution in [1.29, 1.82) is 0 Å². The minimum Gasteiger partial charge on any atom is -0.385 e. The molecule has 16 heavy (non-hydrogen) atoms. The number of nitrogens with one attached hydrogen (secondary N) is 1. The number of anilines is 1. The van der Waals surface area contributed by atoms with Crippen LogP contribution in [0.15, 0.2) is 23.1 Å². The summed E-state index contributed by atoms with van der Waals surface area (Å²) >= 11 is 0. The smallest absolute Gasteiger partial charge is 0.242 e. The molecule has 4 nitrogen and oxygen atoms in total. The molecule has 88 valence electrons. The molecule has 1 heterocycles. The molecule has 0 aromatic heterocycles. The summed E-state index contributed by atoms with van der Waals surface area (Å²) in [6.07, 6.45) is 2.12. The quantitative estimate of drug-likeness (QED) is 0.847. The fraction of sp³-hybridized carbons (Fsp3) is 0.455. The fourth-order valence-electron chi connectivity index (χ4n) is 1.81. The highest BCUT2D eigenvalue weighted by Crippen LogP contribution is 2.25. The highest BCUT2D eigenvalue weighted by Gasteiger charge is 2.19. The molecule has 1 aromatic rings. The third kappa shape index (κ3) is 1.92. The number of nitrogens with zero attached hydrogens (tertiary/aromatic N) is 1. The van der Waals surface area contributed by atoms with Crippen molar-refractivity contribution in [3.8, 4) is 0 Å². The second-order valence-electron chi connectivity index (χ2n) is 4.14. The van der Waals surface area contributed by atoms with E-state index < -0.39 is 10.0 Å². The molecule has 0 unspecified atom stereocenters. The molecule has 1 aliphatic rings. The van der Waals surface area contributed by atoms with Crippen LogP contribution in [-0.2, 0) is 16.4 Å². The molecular formula is C11H16N2O2S. The summed E-state index contributed by atoms with van der Waals surface area (Å²) in [5.41, 5.74) is 2.15. The van der Waals surface area contributed by atoms with Crippen LogP contribution in [0, 0.1) is 0 Å². The van der Waals surface area contributed by atoms with Crippen LogP contribution >= 0.6 is 0 Å². The average Bonchev–Trinajstić information content (AvgIpc) is 2.28. The lowest BCUT2D eigenvalue weighted by Gasteiger charge is -2.19. The van der Waals surface area contributed by atoms with E-state index in [2.05, 4.69) is 5.32 Å². The molecule has 0 saturated carbocycles. The predicted molar refractivity (Wildman–Crippen MR) is 64.1 cm³/mol. The van der Waals surface area contributed by atoms with Gasteiger partial charge in [0.15, 0.2) is 0 Å². The maximum absolute atomic E-state index is 11.9. The van der Waals surface area contributed by atoms with Crippen molar-refractivity contribution in [1.82, 2.24) is 4.31 Å². The molecule has 0 amide bonds. The summed E-state index contributed by atoms with van der Waals surface area (Å²) < 4.78 is 25.1. The van der Waals surface area contributed by atoms with E-state index in [1.807, 2.05) is 6.07 Å². The normalized spacial score (nSPS) is 15.7. The zero-order valence-corrected chi connectivity index (χ0v) is 10.3. The van der Waals surface area contributed by atoms with E-state index in [1.54, 1.807) is 26.2 Å². The second kappa shape index (κ2) is 4.07. The molecule has 0 bridgehead atoms. The first-order valence-corrected chi connectivity index (χ1v) is 6.75. The third-order valence-electron chi connectivity index (χ3n) is 2.80. The van der Waals surface area contributed by atoms with Gasteiger partial charge in [-0.05, 0) is 30.5 Å². The van der Waals surface area contributed by atoms with E-state index in [-0.39, 0.29) is 0 Å². The molecule has 0 spiro atoms. The van der Waals surface area contributed by atoms with Crippen molar-refractivity contribution in [3.05, 3.63) is 23.8 Å². The molecule has 0 radical (unpaired) electrons. The topological polar surface area (TPSA) is 49.4 Å². The van der Waals surface area contributed by atoms with Gasteiger partial charge in [0.05, 0.1) is 4.90 Å². The monoisotopic (exact) mass is 240 g/mol.